The molecule has 1 aliphatic carbocycles. The first kappa shape index (κ1) is 33.3. The SMILES string of the molecule is CCOC(=O)CN1CC(=O)N(c2cccc(Cn3cc(-c4cccc5c4[C@H]4C[C@H]4CN5C(=O)CCCOc4cccc(Cl)c4C)cn3)c2)C1=O. The van der Waals surface area contributed by atoms with Crippen LogP contribution in [0.3, 0.4) is 0 Å². The van der Waals surface area contributed by atoms with E-state index in [9.17, 15) is 19.2 Å². The molecular weight excluding hydrogens is 658 g/mol. The highest BCUT2D eigenvalue weighted by Gasteiger charge is 2.47. The maximum Gasteiger partial charge on any atom is 0.332 e. The fourth-order valence-corrected chi connectivity index (χ4v) is 7.11. The van der Waals surface area contributed by atoms with Crippen LogP contribution in [-0.2, 0) is 25.7 Å². The van der Waals surface area contributed by atoms with Gasteiger partial charge in [-0.2, -0.15) is 5.10 Å². The maximum absolute atomic E-state index is 13.5. The van der Waals surface area contributed by atoms with Gasteiger partial charge in [-0.15, -0.1) is 0 Å². The topological polar surface area (TPSA) is 114 Å². The molecule has 11 nitrogen and oxygen atoms in total. The molecule has 0 bridgehead atoms. The summed E-state index contributed by atoms with van der Waals surface area (Å²) in [7, 11) is 0. The molecule has 7 rings (SSSR count). The summed E-state index contributed by atoms with van der Waals surface area (Å²) in [6.45, 7) is 4.92. The summed E-state index contributed by atoms with van der Waals surface area (Å²) in [5, 5.41) is 5.30. The van der Waals surface area contributed by atoms with E-state index in [0.29, 0.717) is 48.5 Å². The number of amides is 4. The van der Waals surface area contributed by atoms with Crippen molar-refractivity contribution >= 4 is 46.8 Å². The van der Waals surface area contributed by atoms with E-state index in [1.54, 1.807) is 25.1 Å². The Hall–Kier alpha value is -5.16. The Balaban J connectivity index is 1.03. The van der Waals surface area contributed by atoms with E-state index in [4.69, 9.17) is 21.1 Å². The zero-order chi connectivity index (χ0) is 34.9. The number of benzene rings is 3. The van der Waals surface area contributed by atoms with Crippen LogP contribution < -0.4 is 14.5 Å². The summed E-state index contributed by atoms with van der Waals surface area (Å²) in [5.74, 6) is 0.732. The third-order valence-corrected chi connectivity index (χ3v) is 9.93. The van der Waals surface area contributed by atoms with Gasteiger partial charge in [0, 0.05) is 41.0 Å². The molecule has 2 fully saturated rings. The van der Waals surface area contributed by atoms with E-state index in [1.165, 1.54) is 10.5 Å². The number of anilines is 2. The number of rotatable bonds is 12. The van der Waals surface area contributed by atoms with Gasteiger partial charge < -0.3 is 19.3 Å². The van der Waals surface area contributed by atoms with E-state index < -0.39 is 17.9 Å². The van der Waals surface area contributed by atoms with Crippen LogP contribution in [0.25, 0.3) is 11.1 Å². The predicted octanol–water partition coefficient (Wildman–Crippen LogP) is 6.20. The molecule has 3 aliphatic rings. The highest BCUT2D eigenvalue weighted by atomic mass is 35.5. The van der Waals surface area contributed by atoms with Crippen molar-refractivity contribution in [2.45, 2.75) is 45.6 Å². The number of carbonyl (C=O) groups is 4. The molecule has 3 heterocycles. The van der Waals surface area contributed by atoms with Crippen molar-refractivity contribution in [1.29, 1.82) is 0 Å². The molecule has 1 aromatic heterocycles. The molecule has 2 atom stereocenters. The average molecular weight is 696 g/mol. The lowest BCUT2D eigenvalue weighted by atomic mass is 9.92. The van der Waals surface area contributed by atoms with Crippen molar-refractivity contribution in [3.05, 3.63) is 94.8 Å². The summed E-state index contributed by atoms with van der Waals surface area (Å²) in [6.07, 6.45) is 5.87. The summed E-state index contributed by atoms with van der Waals surface area (Å²) in [4.78, 5) is 55.5. The molecule has 0 radical (unpaired) electrons. The normalized spacial score (nSPS) is 17.9. The van der Waals surface area contributed by atoms with Crippen molar-refractivity contribution in [2.75, 3.05) is 42.6 Å². The molecule has 258 valence electrons. The Morgan fingerprint density at radius 1 is 1.06 bits per heavy atom. The van der Waals surface area contributed by atoms with Gasteiger partial charge in [-0.05, 0) is 85.5 Å². The summed E-state index contributed by atoms with van der Waals surface area (Å²) in [6, 6.07) is 18.4. The lowest BCUT2D eigenvalue weighted by molar-refractivity contribution is -0.143. The zero-order valence-electron chi connectivity index (χ0n) is 28.0. The Morgan fingerprint density at radius 2 is 1.88 bits per heavy atom. The first-order valence-electron chi connectivity index (χ1n) is 16.9. The molecule has 1 saturated heterocycles. The predicted molar refractivity (Wildman–Crippen MR) is 188 cm³/mol. The minimum absolute atomic E-state index is 0.0923. The van der Waals surface area contributed by atoms with Gasteiger partial charge in [0.1, 0.15) is 18.8 Å². The van der Waals surface area contributed by atoms with E-state index >= 15 is 0 Å². The van der Waals surface area contributed by atoms with Gasteiger partial charge in [0.05, 0.1) is 31.6 Å². The largest absolute Gasteiger partial charge is 0.493 e. The number of urea groups is 1. The van der Waals surface area contributed by atoms with Gasteiger partial charge in [-0.25, -0.2) is 9.69 Å². The number of esters is 1. The van der Waals surface area contributed by atoms with Crippen molar-refractivity contribution in [1.82, 2.24) is 14.7 Å². The lowest BCUT2D eigenvalue weighted by Gasteiger charge is -2.30. The second kappa shape index (κ2) is 14.0. The Morgan fingerprint density at radius 3 is 2.72 bits per heavy atom. The minimum Gasteiger partial charge on any atom is -0.493 e. The number of hydrogen-bond donors (Lipinski definition) is 0. The van der Waals surface area contributed by atoms with E-state index in [-0.39, 0.29) is 25.6 Å². The molecule has 0 unspecified atom stereocenters. The van der Waals surface area contributed by atoms with E-state index in [1.807, 2.05) is 65.3 Å². The fourth-order valence-electron chi connectivity index (χ4n) is 6.95. The monoisotopic (exact) mass is 695 g/mol. The number of hydrogen-bond acceptors (Lipinski definition) is 7. The zero-order valence-corrected chi connectivity index (χ0v) is 28.8. The molecule has 4 aromatic rings. The van der Waals surface area contributed by atoms with Crippen LogP contribution in [0.5, 0.6) is 5.75 Å². The second-order valence-corrected chi connectivity index (χ2v) is 13.3. The number of fused-ring (bicyclic) bond motifs is 3. The van der Waals surface area contributed by atoms with Gasteiger partial charge in [0.15, 0.2) is 0 Å². The summed E-state index contributed by atoms with van der Waals surface area (Å²) in [5.41, 5.74) is 6.38. The molecule has 1 saturated carbocycles. The van der Waals surface area contributed by atoms with Crippen LogP contribution in [0.1, 0.15) is 48.8 Å². The quantitative estimate of drug-likeness (QED) is 0.0985. The Kier molecular flexibility index (Phi) is 9.33. The summed E-state index contributed by atoms with van der Waals surface area (Å²) >= 11 is 6.22. The summed E-state index contributed by atoms with van der Waals surface area (Å²) < 4.78 is 12.7. The number of imide groups is 1. The number of nitrogens with zero attached hydrogens (tertiary/aromatic N) is 5. The van der Waals surface area contributed by atoms with Crippen LogP contribution in [-0.4, -0.2) is 71.3 Å². The standard InChI is InChI=1S/C38H38ClN5O6/c1-3-49-36(47)23-41-22-35(46)44(38(41)48)28-9-4-8-25(16-28)19-42-20-27(18-40-42)29-10-5-12-32-37(29)30-17-26(30)21-43(32)34(45)14-7-15-50-33-13-6-11-31(39)24(33)2/h4-6,8-13,16,18,20,26,30H,3,7,14-15,17,19,21-23H2,1-2H3/t26-,30-/m0/s1. The van der Waals surface area contributed by atoms with E-state index in [0.717, 1.165) is 51.6 Å². The number of ether oxygens (including phenoxy) is 2. The molecule has 50 heavy (non-hydrogen) atoms. The minimum atomic E-state index is -0.555. The first-order chi connectivity index (χ1) is 24.2. The highest BCUT2D eigenvalue weighted by Crippen LogP contribution is 2.57. The Labute approximate surface area is 295 Å². The molecule has 0 N–H and O–H groups in total. The molecule has 0 spiro atoms. The van der Waals surface area contributed by atoms with Crippen molar-refractivity contribution < 1.29 is 28.7 Å². The van der Waals surface area contributed by atoms with Crippen molar-refractivity contribution in [2.24, 2.45) is 5.92 Å². The van der Waals surface area contributed by atoms with Crippen LogP contribution in [0.2, 0.25) is 5.02 Å². The van der Waals surface area contributed by atoms with Crippen molar-refractivity contribution in [3.63, 3.8) is 0 Å². The van der Waals surface area contributed by atoms with Gasteiger partial charge >= 0.3 is 12.0 Å². The highest BCUT2D eigenvalue weighted by molar-refractivity contribution is 6.31. The van der Waals surface area contributed by atoms with Crippen LogP contribution in [0, 0.1) is 12.8 Å². The molecule has 12 heteroatoms. The molecule has 2 aliphatic heterocycles. The van der Waals surface area contributed by atoms with Gasteiger partial charge in [-0.1, -0.05) is 41.9 Å². The third-order valence-electron chi connectivity index (χ3n) is 9.52. The first-order valence-corrected chi connectivity index (χ1v) is 17.3. The van der Waals surface area contributed by atoms with Gasteiger partial charge in [-0.3, -0.25) is 19.1 Å². The second-order valence-electron chi connectivity index (χ2n) is 12.9. The van der Waals surface area contributed by atoms with Crippen LogP contribution in [0.4, 0.5) is 16.2 Å². The number of carbonyl (C=O) groups excluding carboxylic acids is 4. The van der Waals surface area contributed by atoms with Gasteiger partial charge in [0.2, 0.25) is 5.91 Å². The fraction of sp³-hybridized carbons (Fsp3) is 0.342. The van der Waals surface area contributed by atoms with Gasteiger partial charge in [0.25, 0.3) is 5.91 Å². The average Bonchev–Trinajstić information content (AvgIpc) is 3.66. The maximum atomic E-state index is 13.5. The molecule has 4 amide bonds. The lowest BCUT2D eigenvalue weighted by Crippen LogP contribution is -2.36. The number of aromatic nitrogens is 2. The third kappa shape index (κ3) is 6.69. The van der Waals surface area contributed by atoms with Crippen molar-refractivity contribution in [3.8, 4) is 16.9 Å². The molecular formula is C38H38ClN5O6. The number of halogens is 1. The van der Waals surface area contributed by atoms with Crippen LogP contribution in [0.15, 0.2) is 73.1 Å². The molecule has 3 aromatic carbocycles. The van der Waals surface area contributed by atoms with E-state index in [2.05, 4.69) is 11.2 Å². The smallest absolute Gasteiger partial charge is 0.332 e. The van der Waals surface area contributed by atoms with Crippen LogP contribution >= 0.6 is 11.6 Å². The Bertz CT molecular complexity index is 1980.